The number of hydrogen-bond acceptors (Lipinski definition) is 3. The van der Waals surface area contributed by atoms with Crippen LogP contribution >= 0.6 is 12.2 Å². The molecule has 134 valence electrons. The number of ether oxygens (including phenoxy) is 1. The first-order chi connectivity index (χ1) is 11.7. The number of benzene rings is 2. The maximum Gasteiger partial charge on any atom is 0.166 e. The molecule has 0 amide bonds. The Morgan fingerprint density at radius 1 is 1.08 bits per heavy atom. The van der Waals surface area contributed by atoms with Gasteiger partial charge in [-0.15, -0.1) is 0 Å². The fraction of sp³-hybridized carbons (Fsp3) is 0.350. The molecule has 2 aromatic carbocycles. The van der Waals surface area contributed by atoms with Gasteiger partial charge >= 0.3 is 0 Å². The van der Waals surface area contributed by atoms with Crippen molar-refractivity contribution in [2.24, 2.45) is 5.73 Å². The van der Waals surface area contributed by atoms with E-state index in [9.17, 15) is 5.11 Å². The third-order valence-corrected chi connectivity index (χ3v) is 4.38. The molecule has 0 fully saturated rings. The highest BCUT2D eigenvalue weighted by Crippen LogP contribution is 2.27. The zero-order valence-electron chi connectivity index (χ0n) is 15.2. The second kappa shape index (κ2) is 7.74. The summed E-state index contributed by atoms with van der Waals surface area (Å²) in [5.74, 6) is 0.556. The predicted molar refractivity (Wildman–Crippen MR) is 106 cm³/mol. The molecule has 4 nitrogen and oxygen atoms in total. The topological polar surface area (TPSA) is 58.7 Å². The zero-order valence-corrected chi connectivity index (χ0v) is 16.1. The molecule has 0 bridgehead atoms. The van der Waals surface area contributed by atoms with E-state index in [4.69, 9.17) is 22.7 Å². The van der Waals surface area contributed by atoms with Gasteiger partial charge in [0.15, 0.2) is 16.6 Å². The maximum absolute atomic E-state index is 9.72. The maximum atomic E-state index is 9.72. The number of aromatic hydroxyl groups is 1. The number of rotatable bonds is 5. The lowest BCUT2D eigenvalue weighted by Gasteiger charge is -2.24. The third-order valence-electron chi connectivity index (χ3n) is 4.12. The molecule has 25 heavy (non-hydrogen) atoms. The van der Waals surface area contributed by atoms with Gasteiger partial charge in [0, 0.05) is 13.1 Å². The van der Waals surface area contributed by atoms with E-state index in [-0.39, 0.29) is 11.2 Å². The highest BCUT2D eigenvalue weighted by molar-refractivity contribution is 7.80. The Kier molecular flexibility index (Phi) is 5.90. The molecule has 0 saturated heterocycles. The summed E-state index contributed by atoms with van der Waals surface area (Å²) in [4.78, 5) is 1.92. The quantitative estimate of drug-likeness (QED) is 0.793. The number of nitrogens with two attached hydrogens (primary N) is 1. The van der Waals surface area contributed by atoms with Gasteiger partial charge in [0.05, 0.1) is 7.11 Å². The number of thiocarbonyl (C=S) groups is 1. The van der Waals surface area contributed by atoms with Crippen molar-refractivity contribution in [3.05, 3.63) is 59.2 Å². The monoisotopic (exact) mass is 358 g/mol. The van der Waals surface area contributed by atoms with E-state index < -0.39 is 0 Å². The Bertz CT molecular complexity index is 736. The molecule has 0 aliphatic heterocycles. The smallest absolute Gasteiger partial charge is 0.166 e. The lowest BCUT2D eigenvalue weighted by atomic mass is 9.87. The summed E-state index contributed by atoms with van der Waals surface area (Å²) >= 11 is 5.21. The molecule has 0 spiro atoms. The van der Waals surface area contributed by atoms with Gasteiger partial charge in [-0.25, -0.2) is 0 Å². The van der Waals surface area contributed by atoms with Crippen LogP contribution in [0.1, 0.15) is 37.5 Å². The number of phenolic OH excluding ortho intramolecular Hbond substituents is 1. The molecule has 2 aromatic rings. The average Bonchev–Trinajstić information content (AvgIpc) is 2.55. The fourth-order valence-electron chi connectivity index (χ4n) is 2.58. The Hall–Kier alpha value is -2.27. The highest BCUT2D eigenvalue weighted by atomic mass is 32.1. The van der Waals surface area contributed by atoms with E-state index in [0.717, 1.165) is 11.1 Å². The van der Waals surface area contributed by atoms with Crippen molar-refractivity contribution in [1.29, 1.82) is 0 Å². The van der Waals surface area contributed by atoms with E-state index in [2.05, 4.69) is 45.0 Å². The molecule has 0 atom stereocenters. The van der Waals surface area contributed by atoms with Gasteiger partial charge in [-0.05, 0) is 46.5 Å². The normalized spacial score (nSPS) is 11.2. The summed E-state index contributed by atoms with van der Waals surface area (Å²) in [7, 11) is 1.53. The summed E-state index contributed by atoms with van der Waals surface area (Å²) in [6.07, 6.45) is 0. The second-order valence-electron chi connectivity index (χ2n) is 7.15. The van der Waals surface area contributed by atoms with Gasteiger partial charge in [-0.2, -0.15) is 0 Å². The van der Waals surface area contributed by atoms with Crippen molar-refractivity contribution in [1.82, 2.24) is 4.90 Å². The molecule has 0 aliphatic carbocycles. The van der Waals surface area contributed by atoms with E-state index in [1.807, 2.05) is 11.0 Å². The van der Waals surface area contributed by atoms with Crippen molar-refractivity contribution in [2.45, 2.75) is 39.3 Å². The van der Waals surface area contributed by atoms with Crippen LogP contribution in [0.5, 0.6) is 11.5 Å². The van der Waals surface area contributed by atoms with Crippen LogP contribution in [0.2, 0.25) is 0 Å². The molecular weight excluding hydrogens is 332 g/mol. The number of methoxy groups -OCH3 is 1. The minimum atomic E-state index is 0.117. The second-order valence-corrected chi connectivity index (χ2v) is 7.57. The van der Waals surface area contributed by atoms with Gasteiger partial charge in [0.2, 0.25) is 0 Å². The first-order valence-corrected chi connectivity index (χ1v) is 8.61. The van der Waals surface area contributed by atoms with Crippen molar-refractivity contribution in [2.75, 3.05) is 7.11 Å². The lowest BCUT2D eigenvalue weighted by Crippen LogP contribution is -2.34. The lowest BCUT2D eigenvalue weighted by molar-refractivity contribution is 0.369. The number of nitrogens with zero attached hydrogens (tertiary/aromatic N) is 1. The molecule has 3 N–H and O–H groups in total. The SMILES string of the molecule is COc1cc(CN(Cc2ccc(C(C)(C)C)cc2)C(N)=S)ccc1O. The Balaban J connectivity index is 2.15. The van der Waals surface area contributed by atoms with E-state index in [1.165, 1.54) is 12.7 Å². The summed E-state index contributed by atoms with van der Waals surface area (Å²) < 4.78 is 5.16. The van der Waals surface area contributed by atoms with Crippen LogP contribution in [0.25, 0.3) is 0 Å². The van der Waals surface area contributed by atoms with Crippen molar-refractivity contribution >= 4 is 17.3 Å². The Morgan fingerprint density at radius 2 is 1.64 bits per heavy atom. The van der Waals surface area contributed by atoms with Gasteiger partial charge < -0.3 is 20.5 Å². The van der Waals surface area contributed by atoms with Crippen LogP contribution in [-0.4, -0.2) is 22.2 Å². The van der Waals surface area contributed by atoms with Gasteiger partial charge in [-0.3, -0.25) is 0 Å². The van der Waals surface area contributed by atoms with Gasteiger partial charge in [0.1, 0.15) is 0 Å². The molecule has 2 rings (SSSR count). The van der Waals surface area contributed by atoms with Crippen LogP contribution < -0.4 is 10.5 Å². The molecular formula is C20H26N2O2S. The van der Waals surface area contributed by atoms with E-state index >= 15 is 0 Å². The largest absolute Gasteiger partial charge is 0.504 e. The molecule has 0 heterocycles. The standard InChI is InChI=1S/C20H26N2O2S/c1-20(2,3)16-8-5-14(6-9-16)12-22(19(21)25)13-15-7-10-17(23)18(11-15)24-4/h5-11,23H,12-13H2,1-4H3,(H2,21,25). The molecule has 0 aliphatic rings. The van der Waals surface area contributed by atoms with E-state index in [1.54, 1.807) is 12.1 Å². The van der Waals surface area contributed by atoms with Gasteiger partial charge in [0.25, 0.3) is 0 Å². The summed E-state index contributed by atoms with van der Waals surface area (Å²) in [6, 6.07) is 13.8. The number of phenols is 1. The summed E-state index contributed by atoms with van der Waals surface area (Å²) in [6.45, 7) is 7.76. The summed E-state index contributed by atoms with van der Waals surface area (Å²) in [5.41, 5.74) is 9.44. The Morgan fingerprint density at radius 3 is 2.16 bits per heavy atom. The first kappa shape index (κ1) is 19.1. The van der Waals surface area contributed by atoms with Crippen LogP contribution in [0.15, 0.2) is 42.5 Å². The van der Waals surface area contributed by atoms with Crippen LogP contribution in [0.4, 0.5) is 0 Å². The van der Waals surface area contributed by atoms with E-state index in [0.29, 0.717) is 24.0 Å². The molecule has 0 saturated carbocycles. The van der Waals surface area contributed by atoms with Crippen LogP contribution in [0.3, 0.4) is 0 Å². The minimum Gasteiger partial charge on any atom is -0.504 e. The van der Waals surface area contributed by atoms with Crippen molar-refractivity contribution in [3.63, 3.8) is 0 Å². The van der Waals surface area contributed by atoms with Crippen molar-refractivity contribution < 1.29 is 9.84 Å². The predicted octanol–water partition coefficient (Wildman–Crippen LogP) is 3.94. The zero-order chi connectivity index (χ0) is 18.6. The van der Waals surface area contributed by atoms with Gasteiger partial charge in [-0.1, -0.05) is 51.1 Å². The molecule has 0 unspecified atom stereocenters. The average molecular weight is 359 g/mol. The Labute approximate surface area is 155 Å². The fourth-order valence-corrected chi connectivity index (χ4v) is 2.71. The molecule has 0 aromatic heterocycles. The molecule has 0 radical (unpaired) electrons. The molecule has 5 heteroatoms. The number of hydrogen-bond donors (Lipinski definition) is 2. The third kappa shape index (κ3) is 5.10. The van der Waals surface area contributed by atoms with Crippen LogP contribution in [-0.2, 0) is 18.5 Å². The van der Waals surface area contributed by atoms with Crippen LogP contribution in [0, 0.1) is 0 Å². The van der Waals surface area contributed by atoms with Crippen molar-refractivity contribution in [3.8, 4) is 11.5 Å². The first-order valence-electron chi connectivity index (χ1n) is 8.20. The highest BCUT2D eigenvalue weighted by Gasteiger charge is 2.14. The minimum absolute atomic E-state index is 0.117. The summed E-state index contributed by atoms with van der Waals surface area (Å²) in [5, 5.41) is 10.1.